The Kier molecular flexibility index (Phi) is 5.81. The predicted octanol–water partition coefficient (Wildman–Crippen LogP) is 2.59. The van der Waals surface area contributed by atoms with Gasteiger partial charge in [0.1, 0.15) is 6.04 Å². The normalized spacial score (nSPS) is 24.1. The summed E-state index contributed by atoms with van der Waals surface area (Å²) in [5, 5.41) is 0. The summed E-state index contributed by atoms with van der Waals surface area (Å²) >= 11 is 0. The first-order chi connectivity index (χ1) is 7.70. The summed E-state index contributed by atoms with van der Waals surface area (Å²) in [6.45, 7) is 7.83. The number of carbonyl (C=O) groups is 1. The summed E-state index contributed by atoms with van der Waals surface area (Å²) in [5.41, 5.74) is 0. The maximum absolute atomic E-state index is 11.9. The maximum atomic E-state index is 11.9. The first-order valence-electron chi connectivity index (χ1n) is 6.63. The van der Waals surface area contributed by atoms with Crippen LogP contribution in [0.4, 0.5) is 0 Å². The molecule has 1 aliphatic rings. The number of ether oxygens (including phenoxy) is 1. The van der Waals surface area contributed by atoms with Crippen molar-refractivity contribution >= 4 is 5.97 Å². The van der Waals surface area contributed by atoms with Crippen LogP contribution in [0.2, 0.25) is 0 Å². The van der Waals surface area contributed by atoms with Gasteiger partial charge in [0.25, 0.3) is 0 Å². The zero-order valence-electron chi connectivity index (χ0n) is 10.9. The molecular formula is C13H25NO2. The molecule has 0 aromatic heterocycles. The molecule has 0 N–H and O–H groups in total. The van der Waals surface area contributed by atoms with Gasteiger partial charge < -0.3 is 4.74 Å². The van der Waals surface area contributed by atoms with Gasteiger partial charge in [0.05, 0.1) is 6.61 Å². The van der Waals surface area contributed by atoms with Crippen molar-refractivity contribution in [2.75, 3.05) is 13.2 Å². The number of hydrogen-bond donors (Lipinski definition) is 0. The number of rotatable bonds is 5. The molecule has 1 saturated heterocycles. The molecule has 94 valence electrons. The van der Waals surface area contributed by atoms with Gasteiger partial charge in [-0.05, 0) is 39.7 Å². The van der Waals surface area contributed by atoms with Crippen LogP contribution in [0.3, 0.4) is 0 Å². The van der Waals surface area contributed by atoms with Crippen LogP contribution >= 0.6 is 0 Å². The Morgan fingerprint density at radius 1 is 1.44 bits per heavy atom. The van der Waals surface area contributed by atoms with Gasteiger partial charge in [0.2, 0.25) is 0 Å². The van der Waals surface area contributed by atoms with E-state index in [0.29, 0.717) is 12.6 Å². The first-order valence-corrected chi connectivity index (χ1v) is 6.63. The summed E-state index contributed by atoms with van der Waals surface area (Å²) in [6.07, 6.45) is 5.67. The van der Waals surface area contributed by atoms with Gasteiger partial charge >= 0.3 is 5.97 Å². The molecule has 0 radical (unpaired) electrons. The van der Waals surface area contributed by atoms with Gasteiger partial charge in [0.15, 0.2) is 0 Å². The molecule has 0 aromatic carbocycles. The van der Waals surface area contributed by atoms with E-state index in [-0.39, 0.29) is 12.0 Å². The lowest BCUT2D eigenvalue weighted by atomic mass is 9.98. The summed E-state index contributed by atoms with van der Waals surface area (Å²) in [5.74, 6) is -0.0230. The summed E-state index contributed by atoms with van der Waals surface area (Å²) in [6, 6.07) is 0.509. The molecule has 3 nitrogen and oxygen atoms in total. The van der Waals surface area contributed by atoms with Crippen LogP contribution in [0.15, 0.2) is 0 Å². The van der Waals surface area contributed by atoms with E-state index in [0.717, 1.165) is 25.8 Å². The zero-order chi connectivity index (χ0) is 12.0. The van der Waals surface area contributed by atoms with Crippen molar-refractivity contribution in [1.29, 1.82) is 0 Å². The number of nitrogens with zero attached hydrogens (tertiary/aromatic N) is 1. The number of esters is 1. The van der Waals surface area contributed by atoms with E-state index in [4.69, 9.17) is 4.74 Å². The smallest absolute Gasteiger partial charge is 0.323 e. The molecule has 0 aliphatic carbocycles. The minimum Gasteiger partial charge on any atom is -0.465 e. The highest BCUT2D eigenvalue weighted by atomic mass is 16.5. The van der Waals surface area contributed by atoms with E-state index < -0.39 is 0 Å². The first kappa shape index (κ1) is 13.5. The summed E-state index contributed by atoms with van der Waals surface area (Å²) in [4.78, 5) is 14.2. The van der Waals surface area contributed by atoms with Crippen molar-refractivity contribution in [3.63, 3.8) is 0 Å². The van der Waals surface area contributed by atoms with Crippen LogP contribution in [0.25, 0.3) is 0 Å². The SMILES string of the molecule is CCCC(C)N1CCCCC1C(=O)OCC. The highest BCUT2D eigenvalue weighted by Gasteiger charge is 2.32. The Balaban J connectivity index is 2.59. The third kappa shape index (κ3) is 3.48. The quantitative estimate of drug-likeness (QED) is 0.676. The molecule has 2 unspecified atom stereocenters. The van der Waals surface area contributed by atoms with Crippen molar-refractivity contribution in [3.8, 4) is 0 Å². The average Bonchev–Trinajstić information content (AvgIpc) is 2.30. The molecule has 1 fully saturated rings. The van der Waals surface area contributed by atoms with E-state index in [1.807, 2.05) is 6.92 Å². The highest BCUT2D eigenvalue weighted by Crippen LogP contribution is 2.22. The summed E-state index contributed by atoms with van der Waals surface area (Å²) in [7, 11) is 0. The minimum absolute atomic E-state index is 0.00949. The van der Waals surface area contributed by atoms with Crippen molar-refractivity contribution in [2.24, 2.45) is 0 Å². The van der Waals surface area contributed by atoms with E-state index >= 15 is 0 Å². The molecule has 1 aliphatic heterocycles. The number of piperidine rings is 1. The lowest BCUT2D eigenvalue weighted by Crippen LogP contribution is -2.49. The molecular weight excluding hydrogens is 202 g/mol. The Hall–Kier alpha value is -0.570. The number of hydrogen-bond acceptors (Lipinski definition) is 3. The molecule has 16 heavy (non-hydrogen) atoms. The lowest BCUT2D eigenvalue weighted by Gasteiger charge is -2.38. The second-order valence-electron chi connectivity index (χ2n) is 4.64. The fourth-order valence-corrected chi connectivity index (χ4v) is 2.56. The highest BCUT2D eigenvalue weighted by molar-refractivity contribution is 5.75. The molecule has 2 atom stereocenters. The standard InChI is InChI=1S/C13H25NO2/c1-4-8-11(3)14-10-7-6-9-12(14)13(15)16-5-2/h11-12H,4-10H2,1-3H3. The Labute approximate surface area is 99.1 Å². The largest absolute Gasteiger partial charge is 0.465 e. The van der Waals surface area contributed by atoms with Gasteiger partial charge in [-0.3, -0.25) is 9.69 Å². The molecule has 3 heteroatoms. The third-order valence-corrected chi connectivity index (χ3v) is 3.38. The molecule has 0 spiro atoms. The molecule has 1 heterocycles. The molecule has 0 bridgehead atoms. The molecule has 0 amide bonds. The van der Waals surface area contributed by atoms with Crippen LogP contribution < -0.4 is 0 Å². The zero-order valence-corrected chi connectivity index (χ0v) is 10.9. The predicted molar refractivity (Wildman–Crippen MR) is 65.3 cm³/mol. The van der Waals surface area contributed by atoms with Gasteiger partial charge in [-0.2, -0.15) is 0 Å². The second-order valence-corrected chi connectivity index (χ2v) is 4.64. The topological polar surface area (TPSA) is 29.5 Å². The van der Waals surface area contributed by atoms with Crippen LogP contribution in [0, 0.1) is 0 Å². The van der Waals surface area contributed by atoms with Gasteiger partial charge in [-0.15, -0.1) is 0 Å². The van der Waals surface area contributed by atoms with E-state index in [9.17, 15) is 4.79 Å². The fraction of sp³-hybridized carbons (Fsp3) is 0.923. The summed E-state index contributed by atoms with van der Waals surface area (Å²) < 4.78 is 5.16. The number of likely N-dealkylation sites (tertiary alicyclic amines) is 1. The lowest BCUT2D eigenvalue weighted by molar-refractivity contribution is -0.152. The van der Waals surface area contributed by atoms with Crippen molar-refractivity contribution in [1.82, 2.24) is 4.90 Å². The van der Waals surface area contributed by atoms with E-state index in [2.05, 4.69) is 18.7 Å². The van der Waals surface area contributed by atoms with Crippen LogP contribution in [-0.2, 0) is 9.53 Å². The van der Waals surface area contributed by atoms with Crippen LogP contribution in [0.1, 0.15) is 52.9 Å². The van der Waals surface area contributed by atoms with Crippen molar-refractivity contribution in [3.05, 3.63) is 0 Å². The van der Waals surface area contributed by atoms with E-state index in [1.165, 1.54) is 12.8 Å². The average molecular weight is 227 g/mol. The minimum atomic E-state index is -0.0230. The molecule has 1 rings (SSSR count). The monoisotopic (exact) mass is 227 g/mol. The third-order valence-electron chi connectivity index (χ3n) is 3.38. The van der Waals surface area contributed by atoms with Crippen molar-refractivity contribution < 1.29 is 9.53 Å². The van der Waals surface area contributed by atoms with Crippen molar-refractivity contribution in [2.45, 2.75) is 65.0 Å². The Morgan fingerprint density at radius 3 is 2.81 bits per heavy atom. The van der Waals surface area contributed by atoms with Crippen LogP contribution in [0.5, 0.6) is 0 Å². The van der Waals surface area contributed by atoms with Gasteiger partial charge in [-0.1, -0.05) is 19.8 Å². The fourth-order valence-electron chi connectivity index (χ4n) is 2.56. The molecule has 0 aromatic rings. The maximum Gasteiger partial charge on any atom is 0.323 e. The second kappa shape index (κ2) is 6.89. The van der Waals surface area contributed by atoms with Gasteiger partial charge in [0, 0.05) is 6.04 Å². The number of carbonyl (C=O) groups excluding carboxylic acids is 1. The Morgan fingerprint density at radius 2 is 2.19 bits per heavy atom. The van der Waals surface area contributed by atoms with Gasteiger partial charge in [-0.25, -0.2) is 0 Å². The Bertz CT molecular complexity index is 218. The molecule has 0 saturated carbocycles. The van der Waals surface area contributed by atoms with Crippen LogP contribution in [-0.4, -0.2) is 36.1 Å². The van der Waals surface area contributed by atoms with E-state index in [1.54, 1.807) is 0 Å².